The second-order valence-corrected chi connectivity index (χ2v) is 5.56. The van der Waals surface area contributed by atoms with Gasteiger partial charge in [-0.1, -0.05) is 17.7 Å². The van der Waals surface area contributed by atoms with Crippen molar-refractivity contribution in [1.29, 1.82) is 0 Å². The number of hydrogen-bond donors (Lipinski definition) is 1. The van der Waals surface area contributed by atoms with Crippen molar-refractivity contribution in [2.75, 3.05) is 20.3 Å². The van der Waals surface area contributed by atoms with Gasteiger partial charge in [0.1, 0.15) is 0 Å². The van der Waals surface area contributed by atoms with Crippen LogP contribution in [0.3, 0.4) is 0 Å². The number of hydrogen-bond acceptors (Lipinski definition) is 6. The number of tetrazole rings is 1. The van der Waals surface area contributed by atoms with Gasteiger partial charge in [-0.25, -0.2) is 4.68 Å². The first kappa shape index (κ1) is 15.2. The quantitative estimate of drug-likeness (QED) is 0.786. The van der Waals surface area contributed by atoms with Crippen molar-refractivity contribution in [1.82, 2.24) is 25.5 Å². The molecule has 0 saturated heterocycles. The minimum absolute atomic E-state index is 0.685. The molecule has 1 heterocycles. The molecule has 2 aromatic rings. The Kier molecular flexibility index (Phi) is 5.78. The van der Waals surface area contributed by atoms with Crippen molar-refractivity contribution in [3.63, 3.8) is 0 Å². The molecule has 0 aliphatic heterocycles. The largest absolute Gasteiger partial charge is 0.383 e. The van der Waals surface area contributed by atoms with Crippen LogP contribution in [-0.4, -0.2) is 40.5 Å². The summed E-state index contributed by atoms with van der Waals surface area (Å²) >= 11 is 7.76. The van der Waals surface area contributed by atoms with Gasteiger partial charge in [0.25, 0.3) is 0 Å². The lowest BCUT2D eigenvalue weighted by Crippen LogP contribution is -2.18. The molecule has 1 N–H and O–H groups in total. The van der Waals surface area contributed by atoms with Crippen molar-refractivity contribution in [2.24, 2.45) is 7.05 Å². The molecule has 108 valence electrons. The van der Waals surface area contributed by atoms with Crippen LogP contribution in [0.2, 0.25) is 5.02 Å². The highest BCUT2D eigenvalue weighted by atomic mass is 35.5. The molecule has 8 heteroatoms. The monoisotopic (exact) mass is 313 g/mol. The Hall–Kier alpha value is -1.15. The summed E-state index contributed by atoms with van der Waals surface area (Å²) in [4.78, 5) is 1.01. The Morgan fingerprint density at radius 2 is 2.30 bits per heavy atom. The Labute approximate surface area is 126 Å². The van der Waals surface area contributed by atoms with Gasteiger partial charge in [-0.05, 0) is 39.9 Å². The van der Waals surface area contributed by atoms with E-state index in [1.807, 2.05) is 18.2 Å². The number of benzene rings is 1. The summed E-state index contributed by atoms with van der Waals surface area (Å²) in [7, 11) is 3.49. The number of rotatable bonds is 7. The lowest BCUT2D eigenvalue weighted by atomic mass is 10.2. The Morgan fingerprint density at radius 3 is 2.95 bits per heavy atom. The van der Waals surface area contributed by atoms with Gasteiger partial charge in [-0.3, -0.25) is 0 Å². The molecule has 0 bridgehead atoms. The van der Waals surface area contributed by atoms with E-state index in [4.69, 9.17) is 16.3 Å². The van der Waals surface area contributed by atoms with E-state index in [0.29, 0.717) is 6.61 Å². The summed E-state index contributed by atoms with van der Waals surface area (Å²) in [5.41, 5.74) is 1.06. The molecule has 0 unspecified atom stereocenters. The third-order valence-electron chi connectivity index (χ3n) is 2.61. The minimum Gasteiger partial charge on any atom is -0.383 e. The molecule has 0 aliphatic rings. The van der Waals surface area contributed by atoms with Gasteiger partial charge in [-0.2, -0.15) is 0 Å². The van der Waals surface area contributed by atoms with Crippen LogP contribution >= 0.6 is 23.4 Å². The lowest BCUT2D eigenvalue weighted by molar-refractivity contribution is 0.199. The van der Waals surface area contributed by atoms with E-state index >= 15 is 0 Å². The summed E-state index contributed by atoms with van der Waals surface area (Å²) in [5.74, 6) is 0. The maximum absolute atomic E-state index is 6.28. The molecule has 1 aromatic carbocycles. The highest BCUT2D eigenvalue weighted by Gasteiger charge is 2.07. The average Bonchev–Trinajstić information content (AvgIpc) is 2.82. The van der Waals surface area contributed by atoms with Crippen molar-refractivity contribution in [2.45, 2.75) is 16.6 Å². The lowest BCUT2D eigenvalue weighted by Gasteiger charge is -2.08. The predicted molar refractivity (Wildman–Crippen MR) is 78.0 cm³/mol. The number of aryl methyl sites for hydroxylation is 1. The number of nitrogens with one attached hydrogen (secondary N) is 1. The van der Waals surface area contributed by atoms with Crippen molar-refractivity contribution >= 4 is 23.4 Å². The Bertz CT molecular complexity index is 563. The summed E-state index contributed by atoms with van der Waals surface area (Å²) in [6.07, 6.45) is 0. The maximum Gasteiger partial charge on any atom is 0.213 e. The number of methoxy groups -OCH3 is 1. The second-order valence-electron chi connectivity index (χ2n) is 4.11. The van der Waals surface area contributed by atoms with Crippen molar-refractivity contribution in [3.8, 4) is 0 Å². The van der Waals surface area contributed by atoms with E-state index in [-0.39, 0.29) is 0 Å². The highest BCUT2D eigenvalue weighted by molar-refractivity contribution is 7.99. The number of ether oxygens (including phenoxy) is 1. The second kappa shape index (κ2) is 7.58. The van der Waals surface area contributed by atoms with E-state index in [9.17, 15) is 0 Å². The average molecular weight is 314 g/mol. The van der Waals surface area contributed by atoms with Crippen molar-refractivity contribution < 1.29 is 4.74 Å². The zero-order chi connectivity index (χ0) is 14.4. The standard InChI is InChI=1S/C12H16ClN5OS/c1-18-12(15-16-17-18)20-10-4-3-9(11(13)7-10)8-14-5-6-19-2/h3-4,7,14H,5-6,8H2,1-2H3. The molecule has 2 rings (SSSR count). The molecule has 0 atom stereocenters. The normalized spacial score (nSPS) is 10.9. The van der Waals surface area contributed by atoms with Crippen LogP contribution in [0, 0.1) is 0 Å². The molecular formula is C12H16ClN5OS. The van der Waals surface area contributed by atoms with E-state index in [1.54, 1.807) is 18.8 Å². The van der Waals surface area contributed by atoms with Crippen LogP contribution in [0.1, 0.15) is 5.56 Å². The van der Waals surface area contributed by atoms with Gasteiger partial charge < -0.3 is 10.1 Å². The van der Waals surface area contributed by atoms with E-state index in [2.05, 4.69) is 20.8 Å². The molecule has 0 saturated carbocycles. The molecule has 0 amide bonds. The number of aromatic nitrogens is 4. The number of nitrogens with zero attached hydrogens (tertiary/aromatic N) is 4. The zero-order valence-corrected chi connectivity index (χ0v) is 12.9. The molecule has 0 fully saturated rings. The minimum atomic E-state index is 0.685. The predicted octanol–water partition coefficient (Wildman–Crippen LogP) is 1.75. The fourth-order valence-electron chi connectivity index (χ4n) is 1.55. The fourth-order valence-corrected chi connectivity index (χ4v) is 2.63. The van der Waals surface area contributed by atoms with E-state index in [1.165, 1.54) is 11.8 Å². The summed E-state index contributed by atoms with van der Waals surface area (Å²) in [6, 6.07) is 5.95. The highest BCUT2D eigenvalue weighted by Crippen LogP contribution is 2.28. The first-order chi connectivity index (χ1) is 9.70. The zero-order valence-electron chi connectivity index (χ0n) is 11.3. The molecular weight excluding hydrogens is 298 g/mol. The van der Waals surface area contributed by atoms with Crippen LogP contribution in [0.4, 0.5) is 0 Å². The summed E-state index contributed by atoms with van der Waals surface area (Å²) < 4.78 is 6.60. The van der Waals surface area contributed by atoms with E-state index < -0.39 is 0 Å². The van der Waals surface area contributed by atoms with Gasteiger partial charge in [0.15, 0.2) is 0 Å². The molecule has 20 heavy (non-hydrogen) atoms. The molecule has 0 aliphatic carbocycles. The third kappa shape index (κ3) is 4.17. The van der Waals surface area contributed by atoms with Crippen LogP contribution in [0.25, 0.3) is 0 Å². The van der Waals surface area contributed by atoms with Crippen molar-refractivity contribution in [3.05, 3.63) is 28.8 Å². The van der Waals surface area contributed by atoms with Gasteiger partial charge in [0.2, 0.25) is 5.16 Å². The first-order valence-electron chi connectivity index (χ1n) is 6.09. The number of halogens is 1. The third-order valence-corrected chi connectivity index (χ3v) is 3.98. The molecule has 1 aromatic heterocycles. The summed E-state index contributed by atoms with van der Waals surface area (Å²) in [5, 5.41) is 16.0. The van der Waals surface area contributed by atoms with Crippen LogP contribution in [0.5, 0.6) is 0 Å². The van der Waals surface area contributed by atoms with Crippen LogP contribution in [0.15, 0.2) is 28.3 Å². The fraction of sp³-hybridized carbons (Fsp3) is 0.417. The van der Waals surface area contributed by atoms with Gasteiger partial charge in [-0.15, -0.1) is 5.10 Å². The molecule has 6 nitrogen and oxygen atoms in total. The Morgan fingerprint density at radius 1 is 1.45 bits per heavy atom. The SMILES string of the molecule is COCCNCc1ccc(Sc2nnnn2C)cc1Cl. The van der Waals surface area contributed by atoms with Crippen LogP contribution in [-0.2, 0) is 18.3 Å². The van der Waals surface area contributed by atoms with Gasteiger partial charge >= 0.3 is 0 Å². The molecule has 0 radical (unpaired) electrons. The van der Waals surface area contributed by atoms with E-state index in [0.717, 1.165) is 33.7 Å². The smallest absolute Gasteiger partial charge is 0.213 e. The van der Waals surface area contributed by atoms with Crippen LogP contribution < -0.4 is 5.32 Å². The summed E-state index contributed by atoms with van der Waals surface area (Å²) in [6.45, 7) is 2.21. The first-order valence-corrected chi connectivity index (χ1v) is 7.28. The maximum atomic E-state index is 6.28. The molecule has 0 spiro atoms. The van der Waals surface area contributed by atoms with Gasteiger partial charge in [0, 0.05) is 37.2 Å². The van der Waals surface area contributed by atoms with Gasteiger partial charge in [0.05, 0.1) is 6.61 Å². The Balaban J connectivity index is 1.97. The topological polar surface area (TPSA) is 64.9 Å².